The van der Waals surface area contributed by atoms with E-state index in [0.717, 1.165) is 93.7 Å². The van der Waals surface area contributed by atoms with Crippen molar-refractivity contribution in [1.29, 1.82) is 0 Å². The molecule has 0 radical (unpaired) electrons. The van der Waals surface area contributed by atoms with Gasteiger partial charge in [-0.1, -0.05) is 37.6 Å². The summed E-state index contributed by atoms with van der Waals surface area (Å²) in [5.74, 6) is 1.94. The molecule has 1 amide bonds. The van der Waals surface area contributed by atoms with Crippen molar-refractivity contribution in [2.75, 3.05) is 63.9 Å². The zero-order valence-corrected chi connectivity index (χ0v) is 32.2. The van der Waals surface area contributed by atoms with Gasteiger partial charge in [0.05, 0.1) is 23.9 Å². The lowest BCUT2D eigenvalue weighted by molar-refractivity contribution is -0.0247. The number of hydrogen-bond donors (Lipinski definition) is 0. The highest BCUT2D eigenvalue weighted by Crippen LogP contribution is 2.42. The summed E-state index contributed by atoms with van der Waals surface area (Å²) in [4.78, 5) is 34.7. The Morgan fingerprint density at radius 3 is 2.21 bits per heavy atom. The van der Waals surface area contributed by atoms with Gasteiger partial charge >= 0.3 is 6.09 Å². The first-order chi connectivity index (χ1) is 24.8. The molecule has 3 saturated heterocycles. The van der Waals surface area contributed by atoms with Crippen LogP contribution in [0.2, 0.25) is 5.02 Å². The molecule has 3 aliphatic heterocycles. The highest BCUT2D eigenvalue weighted by molar-refractivity contribution is 6.32. The van der Waals surface area contributed by atoms with E-state index in [0.29, 0.717) is 41.8 Å². The number of piperidine rings is 1. The SMILES string of the molecule is [C-]#[N+]c1cc(C(C)(C)c2ccc(OCc3ccnc(N4CCN(C5CCN(C6CN(C(=O)OC(C)(C)C)C6)CC5)CC4)n3)cc2)cc(Cl)c1OCC. The third-order valence-corrected chi connectivity index (χ3v) is 10.7. The number of carbonyl (C=O) groups is 1. The average Bonchev–Trinajstić information content (AvgIpc) is 3.11. The number of piperazine rings is 1. The molecule has 0 N–H and O–H groups in total. The van der Waals surface area contributed by atoms with Gasteiger partial charge in [0, 0.05) is 76.1 Å². The Morgan fingerprint density at radius 1 is 0.904 bits per heavy atom. The molecule has 11 nitrogen and oxygen atoms in total. The fraction of sp³-hybridized carbons (Fsp3) is 0.550. The van der Waals surface area contributed by atoms with Crippen LogP contribution in [-0.4, -0.2) is 107 Å². The maximum absolute atomic E-state index is 12.3. The lowest BCUT2D eigenvalue weighted by Gasteiger charge is -2.49. The van der Waals surface area contributed by atoms with Crippen molar-refractivity contribution in [3.63, 3.8) is 0 Å². The van der Waals surface area contributed by atoms with Gasteiger partial charge < -0.3 is 24.0 Å². The van der Waals surface area contributed by atoms with Gasteiger partial charge in [0.15, 0.2) is 0 Å². The number of likely N-dealkylation sites (tertiary alicyclic amines) is 2. The minimum Gasteiger partial charge on any atom is -0.503 e. The smallest absolute Gasteiger partial charge is 0.410 e. The fourth-order valence-corrected chi connectivity index (χ4v) is 7.55. The number of rotatable bonds is 10. The van der Waals surface area contributed by atoms with Gasteiger partial charge in [-0.05, 0) is 82.0 Å². The molecular formula is C40H52ClN7O4. The first-order valence-corrected chi connectivity index (χ1v) is 18.8. The Hall–Kier alpha value is -4.11. The topological polar surface area (TPSA) is 87.9 Å². The van der Waals surface area contributed by atoms with Gasteiger partial charge in [-0.2, -0.15) is 0 Å². The maximum atomic E-state index is 12.3. The lowest BCUT2D eigenvalue weighted by atomic mass is 9.78. The summed E-state index contributed by atoms with van der Waals surface area (Å²) < 4.78 is 17.3. The van der Waals surface area contributed by atoms with Crippen LogP contribution >= 0.6 is 11.6 Å². The van der Waals surface area contributed by atoms with Crippen LogP contribution in [0.4, 0.5) is 16.4 Å². The Balaban J connectivity index is 0.958. The van der Waals surface area contributed by atoms with Crippen molar-refractivity contribution < 1.29 is 19.0 Å². The molecule has 0 atom stereocenters. The number of anilines is 1. The van der Waals surface area contributed by atoms with Crippen LogP contribution in [-0.2, 0) is 16.8 Å². The van der Waals surface area contributed by atoms with Crippen molar-refractivity contribution in [3.05, 3.63) is 81.9 Å². The molecule has 4 heterocycles. The molecule has 0 bridgehead atoms. The summed E-state index contributed by atoms with van der Waals surface area (Å²) in [6.45, 7) is 27.7. The van der Waals surface area contributed by atoms with Crippen molar-refractivity contribution in [1.82, 2.24) is 24.7 Å². The molecule has 0 unspecified atom stereocenters. The number of halogens is 1. The molecule has 1 aromatic heterocycles. The van der Waals surface area contributed by atoms with E-state index >= 15 is 0 Å². The van der Waals surface area contributed by atoms with Crippen molar-refractivity contribution in [3.8, 4) is 11.5 Å². The second-order valence-corrected chi connectivity index (χ2v) is 15.9. The Labute approximate surface area is 313 Å². The summed E-state index contributed by atoms with van der Waals surface area (Å²) in [5, 5.41) is 0.445. The third kappa shape index (κ3) is 8.74. The number of nitrogens with zero attached hydrogens (tertiary/aromatic N) is 7. The van der Waals surface area contributed by atoms with Crippen LogP contribution in [0.3, 0.4) is 0 Å². The van der Waals surface area contributed by atoms with E-state index in [-0.39, 0.29) is 6.09 Å². The molecular weight excluding hydrogens is 678 g/mol. The second-order valence-electron chi connectivity index (χ2n) is 15.5. The Morgan fingerprint density at radius 2 is 1.58 bits per heavy atom. The van der Waals surface area contributed by atoms with Crippen LogP contribution in [0.25, 0.3) is 4.85 Å². The largest absolute Gasteiger partial charge is 0.503 e. The Kier molecular flexibility index (Phi) is 11.5. The fourth-order valence-electron chi connectivity index (χ4n) is 7.28. The molecule has 0 aliphatic carbocycles. The van der Waals surface area contributed by atoms with E-state index in [4.69, 9.17) is 37.4 Å². The molecule has 0 saturated carbocycles. The van der Waals surface area contributed by atoms with Crippen molar-refractivity contribution in [2.24, 2.45) is 0 Å². The highest BCUT2D eigenvalue weighted by atomic mass is 35.5. The van der Waals surface area contributed by atoms with E-state index in [1.807, 2.05) is 69.1 Å². The summed E-state index contributed by atoms with van der Waals surface area (Å²) in [5.41, 5.74) is 2.43. The minimum absolute atomic E-state index is 0.199. The molecule has 52 heavy (non-hydrogen) atoms. The zero-order chi connectivity index (χ0) is 37.0. The van der Waals surface area contributed by atoms with Crippen molar-refractivity contribution in [2.45, 2.75) is 84.1 Å². The van der Waals surface area contributed by atoms with E-state index in [9.17, 15) is 4.79 Å². The normalized spacial score (nSPS) is 18.1. The summed E-state index contributed by atoms with van der Waals surface area (Å²) in [6.07, 6.45) is 3.93. The standard InChI is InChI=1S/C40H52ClN7O4/c1-8-50-36-34(41)23-29(24-35(36)42-7)40(5,6)28-9-11-33(12-10-28)51-27-30-13-16-43-37(44-30)47-21-19-46(20-22-47)31-14-17-45(18-15-31)32-25-48(26-32)38(49)52-39(2,3)4/h9-13,16,23-24,31-32H,8,14-15,17-22,25-27H2,1-6H3. The molecule has 12 heteroatoms. The molecule has 0 spiro atoms. The second kappa shape index (κ2) is 15.9. The molecule has 3 aromatic rings. The van der Waals surface area contributed by atoms with Crippen LogP contribution in [0.15, 0.2) is 48.7 Å². The summed E-state index contributed by atoms with van der Waals surface area (Å²) >= 11 is 6.53. The van der Waals surface area contributed by atoms with Crippen LogP contribution in [0, 0.1) is 6.57 Å². The van der Waals surface area contributed by atoms with Gasteiger partial charge in [-0.25, -0.2) is 19.6 Å². The number of carbonyl (C=O) groups excluding carboxylic acids is 1. The summed E-state index contributed by atoms with van der Waals surface area (Å²) in [7, 11) is 0. The summed E-state index contributed by atoms with van der Waals surface area (Å²) in [6, 6.07) is 14.8. The predicted molar refractivity (Wildman–Crippen MR) is 204 cm³/mol. The van der Waals surface area contributed by atoms with Crippen LogP contribution in [0.5, 0.6) is 11.5 Å². The van der Waals surface area contributed by atoms with E-state index in [1.165, 1.54) is 0 Å². The van der Waals surface area contributed by atoms with Crippen LogP contribution in [0.1, 0.15) is 71.2 Å². The molecule has 2 aromatic carbocycles. The van der Waals surface area contributed by atoms with Crippen molar-refractivity contribution >= 4 is 29.3 Å². The van der Waals surface area contributed by atoms with E-state index < -0.39 is 11.0 Å². The first-order valence-electron chi connectivity index (χ1n) is 18.4. The zero-order valence-electron chi connectivity index (χ0n) is 31.4. The number of aromatic nitrogens is 2. The number of hydrogen-bond acceptors (Lipinski definition) is 9. The molecule has 6 rings (SSSR count). The molecule has 3 fully saturated rings. The predicted octanol–water partition coefficient (Wildman–Crippen LogP) is 7.19. The van der Waals surface area contributed by atoms with Gasteiger partial charge in [0.2, 0.25) is 11.6 Å². The van der Waals surface area contributed by atoms with Gasteiger partial charge in [-0.3, -0.25) is 9.80 Å². The average molecular weight is 730 g/mol. The molecule has 278 valence electrons. The first kappa shape index (κ1) is 37.6. The highest BCUT2D eigenvalue weighted by Gasteiger charge is 2.39. The van der Waals surface area contributed by atoms with E-state index in [1.54, 1.807) is 0 Å². The minimum atomic E-state index is -0.455. The number of ether oxygens (including phenoxy) is 3. The van der Waals surface area contributed by atoms with E-state index in [2.05, 4.69) is 50.5 Å². The quantitative estimate of drug-likeness (QED) is 0.201. The third-order valence-electron chi connectivity index (χ3n) is 10.5. The van der Waals surface area contributed by atoms with Crippen LogP contribution < -0.4 is 14.4 Å². The van der Waals surface area contributed by atoms with Gasteiger partial charge in [-0.15, -0.1) is 0 Å². The Bertz CT molecular complexity index is 1730. The van der Waals surface area contributed by atoms with Gasteiger partial charge in [0.25, 0.3) is 0 Å². The number of amides is 1. The molecule has 3 aliphatic rings. The lowest BCUT2D eigenvalue weighted by Crippen LogP contribution is -2.63. The van der Waals surface area contributed by atoms with Gasteiger partial charge in [0.1, 0.15) is 23.7 Å². The monoisotopic (exact) mass is 729 g/mol. The maximum Gasteiger partial charge on any atom is 0.410 e. The number of benzene rings is 2.